The molecule has 0 aliphatic carbocycles. The molecule has 3 N–H and O–H groups in total. The van der Waals surface area contributed by atoms with Crippen molar-refractivity contribution in [2.45, 2.75) is 33.6 Å². The van der Waals surface area contributed by atoms with E-state index in [9.17, 15) is 14.4 Å². The van der Waals surface area contributed by atoms with Crippen LogP contribution in [0.1, 0.15) is 50.2 Å². The highest BCUT2D eigenvalue weighted by molar-refractivity contribution is 6.10. The number of nitrogens with zero attached hydrogens (tertiary/aromatic N) is 1. The number of nitrogens with one attached hydrogen (secondary N) is 1. The molecule has 29 heavy (non-hydrogen) atoms. The molecule has 1 aliphatic heterocycles. The Hall–Kier alpha value is -3.15. The number of benzene rings is 2. The first-order chi connectivity index (χ1) is 13.8. The molecule has 152 valence electrons. The number of hydrogen-bond donors (Lipinski definition) is 2. The Labute approximate surface area is 171 Å². The highest BCUT2D eigenvalue weighted by Crippen LogP contribution is 2.26. The molecule has 1 fully saturated rings. The summed E-state index contributed by atoms with van der Waals surface area (Å²) in [6.07, 6.45) is 1.13. The van der Waals surface area contributed by atoms with Gasteiger partial charge >= 0.3 is 0 Å². The molecule has 0 radical (unpaired) electrons. The Kier molecular flexibility index (Phi) is 6.01. The van der Waals surface area contributed by atoms with Crippen molar-refractivity contribution in [1.29, 1.82) is 0 Å². The van der Waals surface area contributed by atoms with Gasteiger partial charge < -0.3 is 16.0 Å². The van der Waals surface area contributed by atoms with E-state index >= 15 is 0 Å². The van der Waals surface area contributed by atoms with Crippen LogP contribution in [0.25, 0.3) is 0 Å². The molecule has 1 aliphatic rings. The van der Waals surface area contributed by atoms with Crippen LogP contribution in [-0.4, -0.2) is 35.7 Å². The van der Waals surface area contributed by atoms with Crippen LogP contribution >= 0.6 is 0 Å². The first-order valence-corrected chi connectivity index (χ1v) is 9.84. The van der Waals surface area contributed by atoms with Crippen molar-refractivity contribution in [3.05, 3.63) is 64.2 Å². The molecule has 6 nitrogen and oxygen atoms in total. The Morgan fingerprint density at radius 3 is 2.31 bits per heavy atom. The fourth-order valence-corrected chi connectivity index (χ4v) is 3.84. The van der Waals surface area contributed by atoms with Crippen LogP contribution < -0.4 is 11.1 Å². The van der Waals surface area contributed by atoms with Crippen LogP contribution in [0.4, 0.5) is 5.69 Å². The summed E-state index contributed by atoms with van der Waals surface area (Å²) < 4.78 is 0. The number of hydrogen-bond acceptors (Lipinski definition) is 3. The lowest BCUT2D eigenvalue weighted by molar-refractivity contribution is -0.123. The van der Waals surface area contributed by atoms with Gasteiger partial charge in [0.05, 0.1) is 11.3 Å². The molecule has 0 spiro atoms. The number of carbonyl (C=O) groups excluding carboxylic acids is 3. The molecule has 3 rings (SSSR count). The number of primary amides is 1. The van der Waals surface area contributed by atoms with Crippen LogP contribution in [0.3, 0.4) is 0 Å². The number of piperidine rings is 1. The smallest absolute Gasteiger partial charge is 0.256 e. The topological polar surface area (TPSA) is 92.5 Å². The van der Waals surface area contributed by atoms with E-state index in [1.807, 2.05) is 45.0 Å². The highest BCUT2D eigenvalue weighted by Gasteiger charge is 2.28. The fraction of sp³-hybridized carbons (Fsp3) is 0.348. The van der Waals surface area contributed by atoms with Gasteiger partial charge in [0.2, 0.25) is 5.91 Å². The average molecular weight is 393 g/mol. The van der Waals surface area contributed by atoms with Gasteiger partial charge in [0.25, 0.3) is 11.8 Å². The summed E-state index contributed by atoms with van der Waals surface area (Å²) in [7, 11) is 0. The van der Waals surface area contributed by atoms with Crippen LogP contribution in [0.2, 0.25) is 0 Å². The van der Waals surface area contributed by atoms with Crippen LogP contribution in [-0.2, 0) is 4.79 Å². The fourth-order valence-electron chi connectivity index (χ4n) is 3.84. The summed E-state index contributed by atoms with van der Waals surface area (Å²) in [5.74, 6) is -0.870. The van der Waals surface area contributed by atoms with E-state index in [4.69, 9.17) is 5.73 Å². The number of carbonyl (C=O) groups is 3. The van der Waals surface area contributed by atoms with Gasteiger partial charge in [-0.25, -0.2) is 0 Å². The van der Waals surface area contributed by atoms with Crippen molar-refractivity contribution in [2.75, 3.05) is 18.4 Å². The normalized spacial score (nSPS) is 14.5. The minimum atomic E-state index is -0.311. The largest absolute Gasteiger partial charge is 0.369 e. The van der Waals surface area contributed by atoms with Gasteiger partial charge in [-0.2, -0.15) is 0 Å². The zero-order valence-corrected chi connectivity index (χ0v) is 17.1. The molecule has 0 bridgehead atoms. The number of rotatable bonds is 4. The van der Waals surface area contributed by atoms with Gasteiger partial charge in [-0.05, 0) is 56.9 Å². The maximum atomic E-state index is 13.2. The highest BCUT2D eigenvalue weighted by atomic mass is 16.2. The zero-order chi connectivity index (χ0) is 21.1. The third-order valence-electron chi connectivity index (χ3n) is 5.55. The lowest BCUT2D eigenvalue weighted by Crippen LogP contribution is -2.42. The monoisotopic (exact) mass is 393 g/mol. The molecule has 0 unspecified atom stereocenters. The van der Waals surface area contributed by atoms with Gasteiger partial charge in [-0.1, -0.05) is 29.8 Å². The third-order valence-corrected chi connectivity index (χ3v) is 5.55. The predicted octanol–water partition coefficient (Wildman–Crippen LogP) is 3.20. The van der Waals surface area contributed by atoms with E-state index in [0.717, 1.165) is 16.7 Å². The molecule has 0 atom stereocenters. The van der Waals surface area contributed by atoms with E-state index in [-0.39, 0.29) is 23.6 Å². The number of likely N-dealkylation sites (tertiary alicyclic amines) is 1. The minimum absolute atomic E-state index is 0.137. The molecule has 6 heteroatoms. The Balaban J connectivity index is 1.83. The summed E-state index contributed by atoms with van der Waals surface area (Å²) in [6.45, 7) is 6.69. The number of nitrogens with two attached hydrogens (primary N) is 1. The first kappa shape index (κ1) is 20.6. The van der Waals surface area contributed by atoms with Gasteiger partial charge in [-0.3, -0.25) is 14.4 Å². The molecule has 2 aromatic rings. The quantitative estimate of drug-likeness (QED) is 0.835. The molecule has 2 aromatic carbocycles. The average Bonchev–Trinajstić information content (AvgIpc) is 2.67. The summed E-state index contributed by atoms with van der Waals surface area (Å²) in [5, 5.41) is 2.91. The van der Waals surface area contributed by atoms with Gasteiger partial charge in [0, 0.05) is 24.6 Å². The lowest BCUT2D eigenvalue weighted by Gasteiger charge is -2.31. The third kappa shape index (κ3) is 4.47. The molecular formula is C23H27N3O3. The van der Waals surface area contributed by atoms with Crippen molar-refractivity contribution in [3.63, 3.8) is 0 Å². The zero-order valence-electron chi connectivity index (χ0n) is 17.1. The minimum Gasteiger partial charge on any atom is -0.369 e. The SMILES string of the molecule is Cc1ccc(C(=O)Nc2cccc(C)c2C(=O)N2CCC(C(N)=O)CC2)c(C)c1. The number of anilines is 1. The number of amides is 3. The molecule has 1 saturated heterocycles. The van der Waals surface area contributed by atoms with Crippen molar-refractivity contribution in [2.24, 2.45) is 11.7 Å². The second-order valence-corrected chi connectivity index (χ2v) is 7.74. The van der Waals surface area contributed by atoms with E-state index in [1.165, 1.54) is 0 Å². The van der Waals surface area contributed by atoms with Crippen molar-refractivity contribution in [3.8, 4) is 0 Å². The van der Waals surface area contributed by atoms with Gasteiger partial charge in [0.15, 0.2) is 0 Å². The standard InChI is InChI=1S/C23H27N3O3/c1-14-7-8-18(16(3)13-14)22(28)25-19-6-4-5-15(2)20(19)23(29)26-11-9-17(10-12-26)21(24)27/h4-8,13,17H,9-12H2,1-3H3,(H2,24,27)(H,25,28). The molecule has 0 saturated carbocycles. The Bertz CT molecular complexity index is 960. The summed E-state index contributed by atoms with van der Waals surface area (Å²) in [6, 6.07) is 11.1. The number of aryl methyl sites for hydroxylation is 3. The van der Waals surface area contributed by atoms with Crippen molar-refractivity contribution >= 4 is 23.4 Å². The van der Waals surface area contributed by atoms with Crippen molar-refractivity contribution in [1.82, 2.24) is 4.90 Å². The summed E-state index contributed by atoms with van der Waals surface area (Å²) in [5.41, 5.74) is 9.73. The predicted molar refractivity (Wildman–Crippen MR) is 113 cm³/mol. The summed E-state index contributed by atoms with van der Waals surface area (Å²) >= 11 is 0. The molecular weight excluding hydrogens is 366 g/mol. The Morgan fingerprint density at radius 1 is 1.00 bits per heavy atom. The van der Waals surface area contributed by atoms with Crippen LogP contribution in [0, 0.1) is 26.7 Å². The lowest BCUT2D eigenvalue weighted by atomic mass is 9.95. The Morgan fingerprint density at radius 2 is 1.69 bits per heavy atom. The second kappa shape index (κ2) is 8.47. The van der Waals surface area contributed by atoms with Crippen molar-refractivity contribution < 1.29 is 14.4 Å². The summed E-state index contributed by atoms with van der Waals surface area (Å²) in [4.78, 5) is 39.2. The van der Waals surface area contributed by atoms with Gasteiger partial charge in [-0.15, -0.1) is 0 Å². The van der Waals surface area contributed by atoms with Crippen LogP contribution in [0.15, 0.2) is 36.4 Å². The second-order valence-electron chi connectivity index (χ2n) is 7.74. The van der Waals surface area contributed by atoms with Gasteiger partial charge in [0.1, 0.15) is 0 Å². The van der Waals surface area contributed by atoms with Crippen LogP contribution in [0.5, 0.6) is 0 Å². The van der Waals surface area contributed by atoms with E-state index in [1.54, 1.807) is 17.0 Å². The van der Waals surface area contributed by atoms with E-state index < -0.39 is 0 Å². The first-order valence-electron chi connectivity index (χ1n) is 9.84. The maximum absolute atomic E-state index is 13.2. The van der Waals surface area contributed by atoms with E-state index in [0.29, 0.717) is 42.7 Å². The molecule has 3 amide bonds. The molecule has 1 heterocycles. The molecule has 0 aromatic heterocycles. The maximum Gasteiger partial charge on any atom is 0.256 e. The van der Waals surface area contributed by atoms with E-state index in [2.05, 4.69) is 5.32 Å².